The zero-order valence-corrected chi connectivity index (χ0v) is 17.6. The third-order valence-corrected chi connectivity index (χ3v) is 9.14. The fraction of sp³-hybridized carbons (Fsp3) is 0.368. The highest BCUT2D eigenvalue weighted by atomic mass is 32.2. The van der Waals surface area contributed by atoms with Crippen molar-refractivity contribution in [1.82, 2.24) is 0 Å². The Bertz CT molecular complexity index is 1180. The molecule has 1 aromatic heterocycles. The Morgan fingerprint density at radius 3 is 2.53 bits per heavy atom. The number of aliphatic imine (C=N–C) groups is 1. The molecule has 1 aliphatic rings. The standard InChI is InChI=1S/C19H17F4N3O2S2/c1-17(10-30(27,28)18(2,16(25)26-17)9-19(21,22)23)15-13(20)7-14(29-15)12-5-3-4-11(6-12)8-24/h3-7H,9-10H2,1-2H3,(H2,25,26). The second-order valence-corrected chi connectivity index (χ2v) is 11.0. The van der Waals surface area contributed by atoms with E-state index in [9.17, 15) is 26.0 Å². The third kappa shape index (κ3) is 3.81. The van der Waals surface area contributed by atoms with Crippen LogP contribution in [0.5, 0.6) is 0 Å². The molecule has 0 spiro atoms. The van der Waals surface area contributed by atoms with Gasteiger partial charge in [-0.1, -0.05) is 12.1 Å². The second-order valence-electron chi connectivity index (χ2n) is 7.53. The first-order valence-electron chi connectivity index (χ1n) is 8.66. The highest BCUT2D eigenvalue weighted by molar-refractivity contribution is 7.93. The van der Waals surface area contributed by atoms with Crippen LogP contribution < -0.4 is 5.73 Å². The molecule has 3 rings (SSSR count). The van der Waals surface area contributed by atoms with Crippen LogP contribution in [-0.4, -0.2) is 30.9 Å². The van der Waals surface area contributed by atoms with E-state index >= 15 is 0 Å². The first kappa shape index (κ1) is 22.2. The van der Waals surface area contributed by atoms with Gasteiger partial charge in [-0.25, -0.2) is 12.8 Å². The monoisotopic (exact) mass is 459 g/mol. The summed E-state index contributed by atoms with van der Waals surface area (Å²) in [5.41, 5.74) is 4.97. The van der Waals surface area contributed by atoms with Gasteiger partial charge in [-0.3, -0.25) is 4.99 Å². The second kappa shape index (κ2) is 7.06. The summed E-state index contributed by atoms with van der Waals surface area (Å²) in [5.74, 6) is -2.26. The number of nitrogens with zero attached hydrogens (tertiary/aromatic N) is 2. The third-order valence-electron chi connectivity index (χ3n) is 5.06. The first-order chi connectivity index (χ1) is 13.7. The van der Waals surface area contributed by atoms with Crippen molar-refractivity contribution in [3.63, 3.8) is 0 Å². The van der Waals surface area contributed by atoms with Gasteiger partial charge in [-0.15, -0.1) is 11.3 Å². The molecule has 2 atom stereocenters. The number of rotatable bonds is 3. The number of amidine groups is 1. The molecule has 0 fully saturated rings. The molecule has 0 amide bonds. The minimum absolute atomic E-state index is 0.0551. The molecule has 2 heterocycles. The Morgan fingerprint density at radius 1 is 1.30 bits per heavy atom. The summed E-state index contributed by atoms with van der Waals surface area (Å²) >= 11 is 0.920. The van der Waals surface area contributed by atoms with Crippen LogP contribution in [0.2, 0.25) is 0 Å². The fourth-order valence-corrected chi connectivity index (χ4v) is 6.65. The van der Waals surface area contributed by atoms with Crippen molar-refractivity contribution in [3.8, 4) is 16.5 Å². The van der Waals surface area contributed by atoms with Gasteiger partial charge in [-0.2, -0.15) is 18.4 Å². The maximum absolute atomic E-state index is 14.8. The normalized spacial score (nSPS) is 26.1. The lowest BCUT2D eigenvalue weighted by atomic mass is 9.99. The maximum Gasteiger partial charge on any atom is 0.391 e. The Labute approximate surface area is 174 Å². The van der Waals surface area contributed by atoms with Gasteiger partial charge in [0.05, 0.1) is 28.7 Å². The predicted molar refractivity (Wildman–Crippen MR) is 106 cm³/mol. The van der Waals surface area contributed by atoms with E-state index in [0.717, 1.165) is 18.3 Å². The molecule has 0 saturated carbocycles. The summed E-state index contributed by atoms with van der Waals surface area (Å²) < 4.78 is 77.0. The van der Waals surface area contributed by atoms with Crippen molar-refractivity contribution in [2.24, 2.45) is 10.7 Å². The molecule has 0 aliphatic carbocycles. The molecule has 1 aromatic carbocycles. The van der Waals surface area contributed by atoms with Crippen LogP contribution >= 0.6 is 11.3 Å². The molecular weight excluding hydrogens is 442 g/mol. The highest BCUT2D eigenvalue weighted by Crippen LogP contribution is 2.45. The van der Waals surface area contributed by atoms with Crippen molar-refractivity contribution in [2.75, 3.05) is 5.75 Å². The van der Waals surface area contributed by atoms with Gasteiger partial charge in [-0.05, 0) is 37.6 Å². The van der Waals surface area contributed by atoms with Gasteiger partial charge < -0.3 is 5.73 Å². The van der Waals surface area contributed by atoms with E-state index in [1.165, 1.54) is 13.0 Å². The number of halogens is 4. The average molecular weight is 459 g/mol. The molecule has 0 saturated heterocycles. The van der Waals surface area contributed by atoms with Crippen molar-refractivity contribution >= 4 is 27.0 Å². The van der Waals surface area contributed by atoms with Gasteiger partial charge in [0.1, 0.15) is 21.9 Å². The molecule has 0 bridgehead atoms. The Hall–Kier alpha value is -2.45. The van der Waals surface area contributed by atoms with E-state index in [4.69, 9.17) is 11.0 Å². The van der Waals surface area contributed by atoms with Gasteiger partial charge in [0.15, 0.2) is 9.84 Å². The van der Waals surface area contributed by atoms with E-state index in [0.29, 0.717) is 16.0 Å². The zero-order chi connectivity index (χ0) is 22.5. The van der Waals surface area contributed by atoms with Crippen LogP contribution in [0.15, 0.2) is 35.3 Å². The topological polar surface area (TPSA) is 96.3 Å². The summed E-state index contributed by atoms with van der Waals surface area (Å²) in [4.78, 5) is 4.42. The van der Waals surface area contributed by atoms with Crippen molar-refractivity contribution in [3.05, 3.63) is 46.6 Å². The number of benzene rings is 1. The average Bonchev–Trinajstić information content (AvgIpc) is 3.01. The number of alkyl halides is 3. The molecule has 1 aliphatic heterocycles. The fourth-order valence-electron chi connectivity index (χ4n) is 3.42. The predicted octanol–water partition coefficient (Wildman–Crippen LogP) is 4.14. The number of hydrogen-bond donors (Lipinski definition) is 1. The SMILES string of the molecule is CC1(c2sc(-c3cccc(C#N)c3)cc2F)CS(=O)(=O)C(C)(CC(F)(F)F)C(N)=N1. The van der Waals surface area contributed by atoms with Gasteiger partial charge in [0.2, 0.25) is 0 Å². The smallest absolute Gasteiger partial charge is 0.386 e. The van der Waals surface area contributed by atoms with E-state index in [1.807, 2.05) is 6.07 Å². The number of nitrogens with two attached hydrogens (primary N) is 1. The Balaban J connectivity index is 2.10. The first-order valence-corrected chi connectivity index (χ1v) is 11.1. The van der Waals surface area contributed by atoms with E-state index in [2.05, 4.69) is 4.99 Å². The lowest BCUT2D eigenvalue weighted by Crippen LogP contribution is -2.58. The van der Waals surface area contributed by atoms with Crippen LogP contribution in [0.4, 0.5) is 17.6 Å². The van der Waals surface area contributed by atoms with E-state index in [1.54, 1.807) is 24.3 Å². The number of nitriles is 1. The quantitative estimate of drug-likeness (QED) is 0.698. The molecule has 2 aromatic rings. The Kier molecular flexibility index (Phi) is 5.23. The minimum Gasteiger partial charge on any atom is -0.386 e. The largest absolute Gasteiger partial charge is 0.391 e. The molecular formula is C19H17F4N3O2S2. The molecule has 0 radical (unpaired) electrons. The summed E-state index contributed by atoms with van der Waals surface area (Å²) in [5, 5.41) is 9.03. The van der Waals surface area contributed by atoms with Gasteiger partial charge >= 0.3 is 6.18 Å². The van der Waals surface area contributed by atoms with Gasteiger partial charge in [0, 0.05) is 4.88 Å². The molecule has 30 heavy (non-hydrogen) atoms. The summed E-state index contributed by atoms with van der Waals surface area (Å²) in [6.45, 7) is 2.22. The van der Waals surface area contributed by atoms with Crippen molar-refractivity contribution in [1.29, 1.82) is 5.26 Å². The van der Waals surface area contributed by atoms with Crippen LogP contribution in [0.1, 0.15) is 30.7 Å². The Morgan fingerprint density at radius 2 is 1.97 bits per heavy atom. The summed E-state index contributed by atoms with van der Waals surface area (Å²) in [6.07, 6.45) is -6.45. The molecule has 160 valence electrons. The molecule has 2 unspecified atom stereocenters. The lowest BCUT2D eigenvalue weighted by molar-refractivity contribution is -0.137. The van der Waals surface area contributed by atoms with Crippen molar-refractivity contribution in [2.45, 2.75) is 36.7 Å². The number of sulfone groups is 1. The lowest BCUT2D eigenvalue weighted by Gasteiger charge is -2.39. The van der Waals surface area contributed by atoms with Crippen LogP contribution in [0.3, 0.4) is 0 Å². The van der Waals surface area contributed by atoms with E-state index in [-0.39, 0.29) is 4.88 Å². The van der Waals surface area contributed by atoms with Crippen LogP contribution in [-0.2, 0) is 15.4 Å². The molecule has 2 N–H and O–H groups in total. The van der Waals surface area contributed by atoms with Gasteiger partial charge in [0.25, 0.3) is 0 Å². The molecule has 5 nitrogen and oxygen atoms in total. The number of hydrogen-bond acceptors (Lipinski definition) is 6. The highest BCUT2D eigenvalue weighted by Gasteiger charge is 2.56. The van der Waals surface area contributed by atoms with Crippen LogP contribution in [0, 0.1) is 17.1 Å². The zero-order valence-electron chi connectivity index (χ0n) is 15.9. The van der Waals surface area contributed by atoms with Crippen molar-refractivity contribution < 1.29 is 26.0 Å². The maximum atomic E-state index is 14.8. The molecule has 11 heteroatoms. The summed E-state index contributed by atoms with van der Waals surface area (Å²) in [7, 11) is -4.42. The van der Waals surface area contributed by atoms with Crippen LogP contribution in [0.25, 0.3) is 10.4 Å². The number of thiophene rings is 1. The van der Waals surface area contributed by atoms with E-state index < -0.39 is 50.1 Å². The minimum atomic E-state index is -4.77. The summed E-state index contributed by atoms with van der Waals surface area (Å²) in [6, 6.07) is 9.57.